The van der Waals surface area contributed by atoms with Gasteiger partial charge in [0, 0.05) is 16.8 Å². The van der Waals surface area contributed by atoms with Gasteiger partial charge in [0.1, 0.15) is 16.9 Å². The third-order valence-electron chi connectivity index (χ3n) is 4.73. The summed E-state index contributed by atoms with van der Waals surface area (Å²) in [5.74, 6) is 0.0673. The predicted octanol–water partition coefficient (Wildman–Crippen LogP) is 3.73. The fourth-order valence-corrected chi connectivity index (χ4v) is 3.10. The van der Waals surface area contributed by atoms with Crippen LogP contribution in [0.1, 0.15) is 13.3 Å². The molecule has 1 aliphatic rings. The van der Waals surface area contributed by atoms with Gasteiger partial charge in [-0.3, -0.25) is 9.59 Å². The number of para-hydroxylation sites is 1. The molecule has 1 aromatic heterocycles. The molecule has 1 fully saturated rings. The number of ether oxygens (including phenoxy) is 2. The fraction of sp³-hybridized carbons (Fsp3) is 0.300. The summed E-state index contributed by atoms with van der Waals surface area (Å²) in [6.45, 7) is 1.67. The second kappa shape index (κ2) is 6.37. The minimum Gasteiger partial charge on any atom is -0.495 e. The maximum atomic E-state index is 12.1. The third-order valence-corrected chi connectivity index (χ3v) is 4.73. The predicted molar refractivity (Wildman–Crippen MR) is 97.1 cm³/mol. The van der Waals surface area contributed by atoms with E-state index in [-0.39, 0.29) is 18.5 Å². The van der Waals surface area contributed by atoms with Crippen molar-refractivity contribution >= 4 is 39.5 Å². The van der Waals surface area contributed by atoms with Gasteiger partial charge in [-0.2, -0.15) is 0 Å². The number of benzene rings is 2. The lowest BCUT2D eigenvalue weighted by Gasteiger charge is -2.10. The van der Waals surface area contributed by atoms with Gasteiger partial charge in [0.15, 0.2) is 6.61 Å². The van der Waals surface area contributed by atoms with Crippen LogP contribution in [0.4, 0.5) is 5.69 Å². The molecule has 3 aromatic rings. The zero-order valence-electron chi connectivity index (χ0n) is 14.6. The first-order valence-corrected chi connectivity index (χ1v) is 8.52. The van der Waals surface area contributed by atoms with Gasteiger partial charge in [-0.05, 0) is 24.5 Å². The van der Waals surface area contributed by atoms with E-state index in [0.717, 1.165) is 22.8 Å². The molecule has 4 rings (SSSR count). The monoisotopic (exact) mass is 353 g/mol. The number of carbonyl (C=O) groups excluding carboxylic acids is 2. The highest BCUT2D eigenvalue weighted by Crippen LogP contribution is 2.39. The molecule has 1 aliphatic carbocycles. The number of anilines is 1. The van der Waals surface area contributed by atoms with E-state index >= 15 is 0 Å². The molecule has 0 unspecified atom stereocenters. The molecule has 2 atom stereocenters. The van der Waals surface area contributed by atoms with Gasteiger partial charge in [0.2, 0.25) is 0 Å². The quantitative estimate of drug-likeness (QED) is 0.707. The van der Waals surface area contributed by atoms with Gasteiger partial charge in [-0.15, -0.1) is 0 Å². The maximum Gasteiger partial charge on any atom is 0.309 e. The van der Waals surface area contributed by atoms with Crippen LogP contribution in [-0.4, -0.2) is 25.6 Å². The lowest BCUT2D eigenvalue weighted by Crippen LogP contribution is -2.22. The van der Waals surface area contributed by atoms with Gasteiger partial charge in [-0.1, -0.05) is 25.1 Å². The molecule has 0 saturated heterocycles. The summed E-state index contributed by atoms with van der Waals surface area (Å²) in [5.41, 5.74) is 1.88. The molecular weight excluding hydrogens is 334 g/mol. The number of rotatable bonds is 5. The average molecular weight is 353 g/mol. The Labute approximate surface area is 150 Å². The summed E-state index contributed by atoms with van der Waals surface area (Å²) in [6, 6.07) is 11.2. The number of methoxy groups -OCH3 is 1. The highest BCUT2D eigenvalue weighted by molar-refractivity contribution is 6.07. The SMILES string of the molecule is COc1cc2c(cc1NC(=O)COC(=O)[C@H]1C[C@@H]1C)oc1ccccc12. The molecule has 6 nitrogen and oxygen atoms in total. The summed E-state index contributed by atoms with van der Waals surface area (Å²) >= 11 is 0. The topological polar surface area (TPSA) is 77.8 Å². The smallest absolute Gasteiger partial charge is 0.309 e. The minimum atomic E-state index is -0.416. The number of nitrogens with one attached hydrogen (secondary N) is 1. The second-order valence-corrected chi connectivity index (χ2v) is 6.62. The summed E-state index contributed by atoms with van der Waals surface area (Å²) in [4.78, 5) is 23.9. The summed E-state index contributed by atoms with van der Waals surface area (Å²) in [5, 5.41) is 4.61. The molecule has 0 aliphatic heterocycles. The molecule has 134 valence electrons. The number of hydrogen-bond acceptors (Lipinski definition) is 5. The lowest BCUT2D eigenvalue weighted by atomic mass is 10.1. The first-order valence-electron chi connectivity index (χ1n) is 8.52. The van der Waals surface area contributed by atoms with Gasteiger partial charge in [0.05, 0.1) is 18.7 Å². The molecule has 1 N–H and O–H groups in total. The van der Waals surface area contributed by atoms with Crippen molar-refractivity contribution in [2.24, 2.45) is 11.8 Å². The van der Waals surface area contributed by atoms with Crippen LogP contribution < -0.4 is 10.1 Å². The molecule has 26 heavy (non-hydrogen) atoms. The van der Waals surface area contributed by atoms with E-state index in [1.54, 1.807) is 6.07 Å². The first kappa shape index (κ1) is 16.4. The highest BCUT2D eigenvalue weighted by Gasteiger charge is 2.40. The molecular formula is C20H19NO5. The van der Waals surface area contributed by atoms with Crippen LogP contribution in [0.2, 0.25) is 0 Å². The van der Waals surface area contributed by atoms with Crippen molar-refractivity contribution in [1.29, 1.82) is 0 Å². The van der Waals surface area contributed by atoms with E-state index in [4.69, 9.17) is 13.9 Å². The van der Waals surface area contributed by atoms with Gasteiger partial charge in [-0.25, -0.2) is 0 Å². The van der Waals surface area contributed by atoms with E-state index in [1.165, 1.54) is 7.11 Å². The van der Waals surface area contributed by atoms with Crippen molar-refractivity contribution in [3.05, 3.63) is 36.4 Å². The number of furan rings is 1. The largest absolute Gasteiger partial charge is 0.495 e. The van der Waals surface area contributed by atoms with Crippen molar-refractivity contribution in [3.8, 4) is 5.75 Å². The number of amides is 1. The van der Waals surface area contributed by atoms with Crippen LogP contribution in [-0.2, 0) is 14.3 Å². The van der Waals surface area contributed by atoms with Crippen LogP contribution in [0.25, 0.3) is 21.9 Å². The van der Waals surface area contributed by atoms with E-state index in [9.17, 15) is 9.59 Å². The third kappa shape index (κ3) is 2.98. The molecule has 2 aromatic carbocycles. The zero-order chi connectivity index (χ0) is 18.3. The second-order valence-electron chi connectivity index (χ2n) is 6.62. The zero-order valence-corrected chi connectivity index (χ0v) is 14.6. The van der Waals surface area contributed by atoms with Crippen molar-refractivity contribution < 1.29 is 23.5 Å². The van der Waals surface area contributed by atoms with Crippen LogP contribution in [0.3, 0.4) is 0 Å². The Kier molecular flexibility index (Phi) is 4.03. The standard InChI is InChI=1S/C20H19NO5/c1-11-7-13(11)20(23)25-10-19(22)21-15-9-17-14(8-18(15)24-2)12-5-3-4-6-16(12)26-17/h3-6,8-9,11,13H,7,10H2,1-2H3,(H,21,22)/t11-,13-/m0/s1. The molecule has 1 amide bonds. The number of carbonyl (C=O) groups is 2. The summed E-state index contributed by atoms with van der Waals surface area (Å²) < 4.78 is 16.3. The molecule has 0 spiro atoms. The molecule has 0 bridgehead atoms. The maximum absolute atomic E-state index is 12.1. The first-order chi connectivity index (χ1) is 12.6. The molecule has 1 heterocycles. The van der Waals surface area contributed by atoms with Crippen LogP contribution in [0.5, 0.6) is 5.75 Å². The molecule has 0 radical (unpaired) electrons. The fourth-order valence-electron chi connectivity index (χ4n) is 3.10. The Balaban J connectivity index is 1.54. The lowest BCUT2D eigenvalue weighted by molar-refractivity contribution is -0.148. The minimum absolute atomic E-state index is 0.0655. The van der Waals surface area contributed by atoms with Gasteiger partial charge in [0.25, 0.3) is 5.91 Å². The van der Waals surface area contributed by atoms with E-state index in [1.807, 2.05) is 37.3 Å². The Morgan fingerprint density at radius 3 is 2.69 bits per heavy atom. The van der Waals surface area contributed by atoms with Crippen molar-refractivity contribution in [2.45, 2.75) is 13.3 Å². The summed E-state index contributed by atoms with van der Waals surface area (Å²) in [7, 11) is 1.54. The Bertz CT molecular complexity index is 1010. The number of hydrogen-bond donors (Lipinski definition) is 1. The normalized spacial score (nSPS) is 18.7. The molecule has 1 saturated carbocycles. The Morgan fingerprint density at radius 2 is 1.96 bits per heavy atom. The number of esters is 1. The van der Waals surface area contributed by atoms with Gasteiger partial charge >= 0.3 is 5.97 Å². The van der Waals surface area contributed by atoms with Crippen LogP contribution >= 0.6 is 0 Å². The summed E-state index contributed by atoms with van der Waals surface area (Å²) in [6.07, 6.45) is 0.830. The van der Waals surface area contributed by atoms with E-state index in [2.05, 4.69) is 5.32 Å². The molecule has 6 heteroatoms. The van der Waals surface area contributed by atoms with Crippen molar-refractivity contribution in [3.63, 3.8) is 0 Å². The number of fused-ring (bicyclic) bond motifs is 3. The average Bonchev–Trinajstić information content (AvgIpc) is 3.26. The van der Waals surface area contributed by atoms with Crippen molar-refractivity contribution in [2.75, 3.05) is 19.0 Å². The highest BCUT2D eigenvalue weighted by atomic mass is 16.5. The Morgan fingerprint density at radius 1 is 1.19 bits per heavy atom. The Hall–Kier alpha value is -3.02. The van der Waals surface area contributed by atoms with Crippen LogP contribution in [0.15, 0.2) is 40.8 Å². The van der Waals surface area contributed by atoms with Crippen molar-refractivity contribution in [1.82, 2.24) is 0 Å². The van der Waals surface area contributed by atoms with E-state index < -0.39 is 5.91 Å². The van der Waals surface area contributed by atoms with Crippen LogP contribution in [0, 0.1) is 11.8 Å². The van der Waals surface area contributed by atoms with E-state index in [0.29, 0.717) is 22.9 Å². The van der Waals surface area contributed by atoms with Gasteiger partial charge < -0.3 is 19.2 Å².